The minimum Gasteiger partial charge on any atom is -0.492 e. The molecule has 1 heterocycles. The van der Waals surface area contributed by atoms with E-state index in [1.807, 2.05) is 61.7 Å². The van der Waals surface area contributed by atoms with Gasteiger partial charge in [-0.2, -0.15) is 0 Å². The molecule has 3 rings (SSSR count). The third-order valence-electron chi connectivity index (χ3n) is 4.35. The first kappa shape index (κ1) is 23.0. The second-order valence-electron chi connectivity index (χ2n) is 6.63. The summed E-state index contributed by atoms with van der Waals surface area (Å²) in [4.78, 5) is 12.4. The smallest absolute Gasteiger partial charge is 0.234 e. The van der Waals surface area contributed by atoms with Crippen LogP contribution in [0.1, 0.15) is 25.2 Å². The number of carbonyl (C=O) groups excluding carboxylic acids is 1. The Balaban J connectivity index is 1.60. The van der Waals surface area contributed by atoms with E-state index >= 15 is 0 Å². The molecule has 1 amide bonds. The molecule has 7 nitrogen and oxygen atoms in total. The third-order valence-corrected chi connectivity index (χ3v) is 5.63. The van der Waals surface area contributed by atoms with Crippen molar-refractivity contribution in [1.82, 2.24) is 14.8 Å². The zero-order chi connectivity index (χ0) is 22.2. The van der Waals surface area contributed by atoms with Crippen molar-refractivity contribution in [2.45, 2.75) is 39.1 Å². The molecule has 0 bridgehead atoms. The van der Waals surface area contributed by atoms with Gasteiger partial charge in [0.15, 0.2) is 11.0 Å². The molecule has 0 aliphatic heterocycles. The molecule has 0 fully saturated rings. The second-order valence-corrected chi connectivity index (χ2v) is 7.98. The molecule has 1 N–H and O–H groups in total. The van der Waals surface area contributed by atoms with Gasteiger partial charge in [0.25, 0.3) is 0 Å². The van der Waals surface area contributed by atoms with Gasteiger partial charge in [0.2, 0.25) is 5.91 Å². The molecular weight excluding hydrogens is 436 g/mol. The molecule has 31 heavy (non-hydrogen) atoms. The standard InChI is InChI=1S/C22H25ClN4O3S/c1-4-27-20(13-30-19-12-15(3)10-11-16(19)23)25-26-22(27)31-14-21(28)24-17-8-6-7-9-18(17)29-5-2/h6-12H,4-5,13-14H2,1-3H3,(H,24,28). The van der Waals surface area contributed by atoms with Crippen molar-refractivity contribution in [2.75, 3.05) is 17.7 Å². The number of hydrogen-bond acceptors (Lipinski definition) is 6. The summed E-state index contributed by atoms with van der Waals surface area (Å²) in [6, 6.07) is 13.0. The average Bonchev–Trinajstić information content (AvgIpc) is 3.16. The van der Waals surface area contributed by atoms with E-state index < -0.39 is 0 Å². The molecule has 0 saturated carbocycles. The Kier molecular flexibility index (Phi) is 8.20. The highest BCUT2D eigenvalue weighted by Crippen LogP contribution is 2.27. The van der Waals surface area contributed by atoms with E-state index in [1.54, 1.807) is 6.07 Å². The number of thioether (sulfide) groups is 1. The topological polar surface area (TPSA) is 78.3 Å². The van der Waals surface area contributed by atoms with E-state index in [0.717, 1.165) is 5.56 Å². The molecule has 0 saturated heterocycles. The summed E-state index contributed by atoms with van der Waals surface area (Å²) in [5.41, 5.74) is 1.71. The number of aromatic nitrogens is 3. The van der Waals surface area contributed by atoms with Gasteiger partial charge in [-0.25, -0.2) is 0 Å². The zero-order valence-corrected chi connectivity index (χ0v) is 19.3. The van der Waals surface area contributed by atoms with Crippen molar-refractivity contribution >= 4 is 35.0 Å². The van der Waals surface area contributed by atoms with E-state index in [9.17, 15) is 4.79 Å². The lowest BCUT2D eigenvalue weighted by molar-refractivity contribution is -0.113. The van der Waals surface area contributed by atoms with Crippen LogP contribution in [-0.4, -0.2) is 33.0 Å². The first-order valence-corrected chi connectivity index (χ1v) is 11.3. The van der Waals surface area contributed by atoms with Gasteiger partial charge in [-0.05, 0) is 50.6 Å². The fraction of sp³-hybridized carbons (Fsp3) is 0.318. The Morgan fingerprint density at radius 3 is 2.71 bits per heavy atom. The van der Waals surface area contributed by atoms with E-state index in [4.69, 9.17) is 21.1 Å². The zero-order valence-electron chi connectivity index (χ0n) is 17.7. The lowest BCUT2D eigenvalue weighted by atomic mass is 10.2. The molecule has 0 atom stereocenters. The average molecular weight is 461 g/mol. The lowest BCUT2D eigenvalue weighted by Crippen LogP contribution is -2.15. The van der Waals surface area contributed by atoms with Crippen LogP contribution in [0.2, 0.25) is 5.02 Å². The van der Waals surface area contributed by atoms with Gasteiger partial charge in [0.1, 0.15) is 18.1 Å². The van der Waals surface area contributed by atoms with E-state index in [1.165, 1.54) is 11.8 Å². The fourth-order valence-electron chi connectivity index (χ4n) is 2.88. The molecule has 0 unspecified atom stereocenters. The summed E-state index contributed by atoms with van der Waals surface area (Å²) in [7, 11) is 0. The fourth-order valence-corrected chi connectivity index (χ4v) is 3.87. The Morgan fingerprint density at radius 2 is 1.94 bits per heavy atom. The van der Waals surface area contributed by atoms with Crippen LogP contribution in [0.4, 0.5) is 5.69 Å². The highest BCUT2D eigenvalue weighted by atomic mass is 35.5. The molecule has 0 aliphatic carbocycles. The first-order chi connectivity index (χ1) is 15.0. The van der Waals surface area contributed by atoms with Crippen LogP contribution in [-0.2, 0) is 17.9 Å². The van der Waals surface area contributed by atoms with Crippen LogP contribution in [0.5, 0.6) is 11.5 Å². The monoisotopic (exact) mass is 460 g/mol. The van der Waals surface area contributed by atoms with Gasteiger partial charge in [-0.3, -0.25) is 4.79 Å². The Labute approximate surface area is 191 Å². The summed E-state index contributed by atoms with van der Waals surface area (Å²) >= 11 is 7.52. The van der Waals surface area contributed by atoms with Crippen LogP contribution in [0.3, 0.4) is 0 Å². The number of nitrogens with one attached hydrogen (secondary N) is 1. The van der Waals surface area contributed by atoms with Gasteiger partial charge in [0, 0.05) is 6.54 Å². The van der Waals surface area contributed by atoms with Gasteiger partial charge in [0.05, 0.1) is 23.1 Å². The van der Waals surface area contributed by atoms with Gasteiger partial charge in [-0.15, -0.1) is 10.2 Å². The van der Waals surface area contributed by atoms with Crippen molar-refractivity contribution < 1.29 is 14.3 Å². The number of benzene rings is 2. The van der Waals surface area contributed by atoms with Crippen molar-refractivity contribution in [3.05, 3.63) is 58.9 Å². The van der Waals surface area contributed by atoms with Gasteiger partial charge < -0.3 is 19.4 Å². The number of hydrogen-bond donors (Lipinski definition) is 1. The van der Waals surface area contributed by atoms with Gasteiger partial charge >= 0.3 is 0 Å². The maximum atomic E-state index is 12.4. The number of aryl methyl sites for hydroxylation is 1. The summed E-state index contributed by atoms with van der Waals surface area (Å²) in [6.07, 6.45) is 0. The molecule has 1 aromatic heterocycles. The van der Waals surface area contributed by atoms with Crippen molar-refractivity contribution in [3.8, 4) is 11.5 Å². The van der Waals surface area contributed by atoms with Crippen LogP contribution >= 0.6 is 23.4 Å². The highest BCUT2D eigenvalue weighted by Gasteiger charge is 2.15. The normalized spacial score (nSPS) is 10.7. The molecule has 0 spiro atoms. The molecule has 2 aromatic carbocycles. The minimum atomic E-state index is -0.146. The largest absolute Gasteiger partial charge is 0.492 e. The van der Waals surface area contributed by atoms with Gasteiger partial charge in [-0.1, -0.05) is 41.6 Å². The minimum absolute atomic E-state index is 0.146. The van der Waals surface area contributed by atoms with Crippen molar-refractivity contribution in [2.24, 2.45) is 0 Å². The number of anilines is 1. The Hall–Kier alpha value is -2.71. The number of para-hydroxylation sites is 2. The SMILES string of the molecule is CCOc1ccccc1NC(=O)CSc1nnc(COc2cc(C)ccc2Cl)n1CC. The molecule has 164 valence electrons. The highest BCUT2D eigenvalue weighted by molar-refractivity contribution is 7.99. The van der Waals surface area contributed by atoms with E-state index in [-0.39, 0.29) is 18.3 Å². The number of ether oxygens (including phenoxy) is 2. The third kappa shape index (κ3) is 6.15. The first-order valence-electron chi connectivity index (χ1n) is 9.97. The second kappa shape index (κ2) is 11.1. The number of halogens is 1. The number of carbonyl (C=O) groups is 1. The Morgan fingerprint density at radius 1 is 1.13 bits per heavy atom. The molecular formula is C22H25ClN4O3S. The molecule has 0 aliphatic rings. The van der Waals surface area contributed by atoms with Crippen LogP contribution < -0.4 is 14.8 Å². The molecule has 0 radical (unpaired) electrons. The molecule has 9 heteroatoms. The predicted octanol–water partition coefficient (Wildman–Crippen LogP) is 4.97. The maximum Gasteiger partial charge on any atom is 0.234 e. The van der Waals surface area contributed by atoms with Crippen LogP contribution in [0, 0.1) is 6.92 Å². The summed E-state index contributed by atoms with van der Waals surface area (Å²) < 4.78 is 13.3. The number of nitrogens with zero attached hydrogens (tertiary/aromatic N) is 3. The van der Waals surface area contributed by atoms with Crippen LogP contribution in [0.25, 0.3) is 0 Å². The van der Waals surface area contributed by atoms with E-state index in [2.05, 4.69) is 15.5 Å². The lowest BCUT2D eigenvalue weighted by Gasteiger charge is -2.12. The molecule has 3 aromatic rings. The van der Waals surface area contributed by atoms with E-state index in [0.29, 0.717) is 46.3 Å². The summed E-state index contributed by atoms with van der Waals surface area (Å²) in [5.74, 6) is 1.98. The summed E-state index contributed by atoms with van der Waals surface area (Å²) in [5, 5.41) is 12.5. The Bertz CT molecular complexity index is 1040. The number of rotatable bonds is 10. The van der Waals surface area contributed by atoms with Crippen molar-refractivity contribution in [3.63, 3.8) is 0 Å². The quantitative estimate of drug-likeness (QED) is 0.430. The summed E-state index contributed by atoms with van der Waals surface area (Å²) in [6.45, 7) is 7.29. The predicted molar refractivity (Wildman–Crippen MR) is 123 cm³/mol. The van der Waals surface area contributed by atoms with Crippen LogP contribution in [0.15, 0.2) is 47.6 Å². The maximum absolute atomic E-state index is 12.4. The number of amides is 1. The van der Waals surface area contributed by atoms with Crippen molar-refractivity contribution in [1.29, 1.82) is 0 Å².